The van der Waals surface area contributed by atoms with Crippen LogP contribution in [-0.4, -0.2) is 21.6 Å². The van der Waals surface area contributed by atoms with Gasteiger partial charge in [-0.2, -0.15) is 8.42 Å². The molecule has 0 spiro atoms. The Morgan fingerprint density at radius 1 is 0.778 bits per heavy atom. The molecule has 0 amide bonds. The summed E-state index contributed by atoms with van der Waals surface area (Å²) >= 11 is 0. The first-order valence-electron chi connectivity index (χ1n) is 8.36. The van der Waals surface area contributed by atoms with E-state index in [9.17, 15) is 8.42 Å². The van der Waals surface area contributed by atoms with E-state index < -0.39 is 10.1 Å². The van der Waals surface area contributed by atoms with Crippen LogP contribution in [0.2, 0.25) is 0 Å². The summed E-state index contributed by atoms with van der Waals surface area (Å²) in [4.78, 5) is 0.00361. The molecule has 0 saturated heterocycles. The molecular formula is C20H14O6S. The van der Waals surface area contributed by atoms with Gasteiger partial charge in [0.15, 0.2) is 11.5 Å². The molecule has 5 rings (SSSR count). The van der Waals surface area contributed by atoms with Crippen LogP contribution in [0.15, 0.2) is 70.0 Å². The summed E-state index contributed by atoms with van der Waals surface area (Å²) in [5.74, 6) is 1.12. The van der Waals surface area contributed by atoms with Gasteiger partial charge in [-0.3, -0.25) is 0 Å². The number of ether oxygens (including phenoxy) is 2. The normalized spacial score (nSPS) is 13.8. The quantitative estimate of drug-likeness (QED) is 0.496. The number of rotatable bonds is 3. The topological polar surface area (TPSA) is 75.0 Å². The van der Waals surface area contributed by atoms with E-state index in [1.807, 2.05) is 24.3 Å². The predicted molar refractivity (Wildman–Crippen MR) is 99.0 cm³/mol. The molecule has 1 aromatic heterocycles. The molecule has 3 aromatic carbocycles. The molecule has 1 aliphatic heterocycles. The minimum atomic E-state index is -4.02. The van der Waals surface area contributed by atoms with Gasteiger partial charge in [-0.25, -0.2) is 0 Å². The van der Waals surface area contributed by atoms with Crippen molar-refractivity contribution in [2.45, 2.75) is 4.90 Å². The maximum absolute atomic E-state index is 12.7. The Labute approximate surface area is 155 Å². The van der Waals surface area contributed by atoms with E-state index in [4.69, 9.17) is 18.1 Å². The molecule has 7 heteroatoms. The van der Waals surface area contributed by atoms with Gasteiger partial charge in [0.1, 0.15) is 35.0 Å². The molecule has 1 aliphatic rings. The molecule has 4 aromatic rings. The van der Waals surface area contributed by atoms with Gasteiger partial charge < -0.3 is 18.1 Å². The molecule has 0 atom stereocenters. The number of para-hydroxylation sites is 1. The first kappa shape index (κ1) is 16.0. The van der Waals surface area contributed by atoms with Crippen LogP contribution < -0.4 is 13.7 Å². The minimum Gasteiger partial charge on any atom is -0.486 e. The number of hydrogen-bond acceptors (Lipinski definition) is 6. The molecule has 0 saturated carbocycles. The lowest BCUT2D eigenvalue weighted by atomic mass is 10.1. The van der Waals surface area contributed by atoms with Crippen molar-refractivity contribution in [3.63, 3.8) is 0 Å². The molecule has 0 bridgehead atoms. The zero-order valence-corrected chi connectivity index (χ0v) is 14.9. The Morgan fingerprint density at radius 2 is 1.56 bits per heavy atom. The lowest BCUT2D eigenvalue weighted by Gasteiger charge is -2.18. The van der Waals surface area contributed by atoms with Crippen molar-refractivity contribution in [2.24, 2.45) is 0 Å². The lowest BCUT2D eigenvalue weighted by molar-refractivity contribution is 0.171. The molecule has 0 aliphatic carbocycles. The SMILES string of the molecule is O=S(=O)(Oc1ccc2oc3ccccc3c2c1)c1ccc2c(c1)OCCO2. The van der Waals surface area contributed by atoms with Gasteiger partial charge >= 0.3 is 10.1 Å². The van der Waals surface area contributed by atoms with Crippen molar-refractivity contribution >= 4 is 32.1 Å². The van der Waals surface area contributed by atoms with E-state index >= 15 is 0 Å². The van der Waals surface area contributed by atoms with Crippen molar-refractivity contribution < 1.29 is 26.5 Å². The van der Waals surface area contributed by atoms with Crippen LogP contribution in [-0.2, 0) is 10.1 Å². The fourth-order valence-electron chi connectivity index (χ4n) is 3.11. The van der Waals surface area contributed by atoms with Gasteiger partial charge in [0.05, 0.1) is 0 Å². The third-order valence-corrected chi connectivity index (χ3v) is 5.60. The molecule has 0 N–H and O–H groups in total. The summed E-state index contributed by atoms with van der Waals surface area (Å²) in [5, 5.41) is 1.69. The molecule has 0 radical (unpaired) electrons. The third kappa shape index (κ3) is 2.76. The zero-order chi connectivity index (χ0) is 18.4. The van der Waals surface area contributed by atoms with Crippen LogP contribution in [0.25, 0.3) is 21.9 Å². The zero-order valence-electron chi connectivity index (χ0n) is 14.0. The van der Waals surface area contributed by atoms with E-state index in [0.717, 1.165) is 16.4 Å². The number of fused-ring (bicyclic) bond motifs is 4. The third-order valence-electron chi connectivity index (χ3n) is 4.36. The van der Waals surface area contributed by atoms with Crippen LogP contribution in [0.4, 0.5) is 0 Å². The van der Waals surface area contributed by atoms with E-state index in [0.29, 0.717) is 30.3 Å². The molecule has 6 nitrogen and oxygen atoms in total. The van der Waals surface area contributed by atoms with E-state index in [1.54, 1.807) is 24.3 Å². The smallest absolute Gasteiger partial charge is 0.339 e. The predicted octanol–water partition coefficient (Wildman–Crippen LogP) is 4.12. The first-order chi connectivity index (χ1) is 13.1. The summed E-state index contributed by atoms with van der Waals surface area (Å²) in [6.45, 7) is 0.815. The van der Waals surface area contributed by atoms with E-state index in [-0.39, 0.29) is 10.6 Å². The van der Waals surface area contributed by atoms with Crippen molar-refractivity contribution in [1.29, 1.82) is 0 Å². The molecular weight excluding hydrogens is 368 g/mol. The number of benzene rings is 3. The van der Waals surface area contributed by atoms with Gasteiger partial charge in [-0.05, 0) is 36.4 Å². The van der Waals surface area contributed by atoms with Crippen LogP contribution in [0.5, 0.6) is 17.2 Å². The molecule has 0 unspecified atom stereocenters. The van der Waals surface area contributed by atoms with Crippen molar-refractivity contribution in [1.82, 2.24) is 0 Å². The Morgan fingerprint density at radius 3 is 2.44 bits per heavy atom. The second-order valence-corrected chi connectivity index (χ2v) is 7.65. The Kier molecular flexibility index (Phi) is 3.51. The molecule has 0 fully saturated rings. The highest BCUT2D eigenvalue weighted by molar-refractivity contribution is 7.87. The van der Waals surface area contributed by atoms with Gasteiger partial charge in [0.25, 0.3) is 0 Å². The number of hydrogen-bond donors (Lipinski definition) is 0. The van der Waals surface area contributed by atoms with E-state index in [2.05, 4.69) is 0 Å². The van der Waals surface area contributed by atoms with Gasteiger partial charge in [0.2, 0.25) is 0 Å². The average molecular weight is 382 g/mol. The monoisotopic (exact) mass is 382 g/mol. The Balaban J connectivity index is 1.52. The summed E-state index contributed by atoms with van der Waals surface area (Å²) in [6.07, 6.45) is 0. The second-order valence-electron chi connectivity index (χ2n) is 6.10. The number of furan rings is 1. The summed E-state index contributed by atoms with van der Waals surface area (Å²) in [6, 6.07) is 16.9. The summed E-state index contributed by atoms with van der Waals surface area (Å²) < 4.78 is 47.3. The lowest BCUT2D eigenvalue weighted by Crippen LogP contribution is -2.16. The van der Waals surface area contributed by atoms with Crippen LogP contribution in [0.1, 0.15) is 0 Å². The molecule has 2 heterocycles. The van der Waals surface area contributed by atoms with Gasteiger partial charge in [0, 0.05) is 16.8 Å². The van der Waals surface area contributed by atoms with Crippen molar-refractivity contribution in [2.75, 3.05) is 13.2 Å². The Bertz CT molecular complexity index is 1270. The highest BCUT2D eigenvalue weighted by Crippen LogP contribution is 2.35. The van der Waals surface area contributed by atoms with Crippen molar-refractivity contribution in [3.8, 4) is 17.2 Å². The summed E-state index contributed by atoms with van der Waals surface area (Å²) in [5.41, 5.74) is 1.40. The largest absolute Gasteiger partial charge is 0.486 e. The van der Waals surface area contributed by atoms with E-state index in [1.165, 1.54) is 12.1 Å². The fourth-order valence-corrected chi connectivity index (χ4v) is 4.05. The fraction of sp³-hybridized carbons (Fsp3) is 0.100. The minimum absolute atomic E-state index is 0.00361. The maximum atomic E-state index is 12.7. The maximum Gasteiger partial charge on any atom is 0.339 e. The molecule has 27 heavy (non-hydrogen) atoms. The average Bonchev–Trinajstić information content (AvgIpc) is 3.05. The van der Waals surface area contributed by atoms with Crippen LogP contribution >= 0.6 is 0 Å². The highest BCUT2D eigenvalue weighted by atomic mass is 32.2. The summed E-state index contributed by atoms with van der Waals surface area (Å²) in [7, 11) is -4.02. The van der Waals surface area contributed by atoms with Crippen LogP contribution in [0.3, 0.4) is 0 Å². The molecule has 136 valence electrons. The van der Waals surface area contributed by atoms with Crippen molar-refractivity contribution in [3.05, 3.63) is 60.7 Å². The standard InChI is InChI=1S/C20H14O6S/c21-27(22,14-6-8-19-20(12-14)24-10-9-23-19)26-13-5-7-18-16(11-13)15-3-1-2-4-17(15)25-18/h1-8,11-12H,9-10H2. The van der Waals surface area contributed by atoms with Crippen LogP contribution in [0, 0.1) is 0 Å². The Hall–Kier alpha value is -3.19. The first-order valence-corrected chi connectivity index (χ1v) is 9.76. The van der Waals surface area contributed by atoms with Gasteiger partial charge in [-0.1, -0.05) is 18.2 Å². The second kappa shape index (κ2) is 5.92. The highest BCUT2D eigenvalue weighted by Gasteiger charge is 2.21. The van der Waals surface area contributed by atoms with Gasteiger partial charge in [-0.15, -0.1) is 0 Å².